The standard InChI is InChI=1S/C26H28BrN3O4S2/c27-22-16-35-24(28-22)26(17-32)21(11-19(12-31)14-34-13-18-7-3-1-4-8-18)15-36-25(30-26)29-23(33)20-9-5-2-6-10-20/h1-10,16,19,21,31-32H,11-15,17H2,(H,29,30,33)/t19-,21-,26-/m0/s1. The number of nitrogens with zero attached hydrogens (tertiary/aromatic N) is 2. The molecular weight excluding hydrogens is 562 g/mol. The summed E-state index contributed by atoms with van der Waals surface area (Å²) in [5.74, 6) is 0.0839. The third-order valence-electron chi connectivity index (χ3n) is 6.08. The fourth-order valence-corrected chi connectivity index (χ4v) is 6.76. The number of halogens is 1. The Kier molecular flexibility index (Phi) is 9.69. The summed E-state index contributed by atoms with van der Waals surface area (Å²) in [7, 11) is 0. The van der Waals surface area contributed by atoms with Gasteiger partial charge >= 0.3 is 0 Å². The van der Waals surface area contributed by atoms with Crippen molar-refractivity contribution in [2.24, 2.45) is 16.8 Å². The highest BCUT2D eigenvalue weighted by atomic mass is 79.9. The molecule has 3 atom stereocenters. The van der Waals surface area contributed by atoms with E-state index in [0.717, 1.165) is 5.56 Å². The van der Waals surface area contributed by atoms with E-state index in [4.69, 9.17) is 9.73 Å². The van der Waals surface area contributed by atoms with Crippen molar-refractivity contribution < 1.29 is 19.7 Å². The van der Waals surface area contributed by atoms with Crippen LogP contribution in [0.1, 0.15) is 27.3 Å². The number of thioether (sulfide) groups is 1. The maximum absolute atomic E-state index is 12.8. The molecule has 36 heavy (non-hydrogen) atoms. The normalized spacial score (nSPS) is 20.5. The highest BCUT2D eigenvalue weighted by Gasteiger charge is 2.46. The number of nitrogens with one attached hydrogen (secondary N) is 1. The van der Waals surface area contributed by atoms with Crippen LogP contribution in [0.25, 0.3) is 0 Å². The fourth-order valence-electron chi connectivity index (χ4n) is 4.13. The van der Waals surface area contributed by atoms with Gasteiger partial charge in [0.2, 0.25) is 0 Å². The monoisotopic (exact) mass is 589 g/mol. The molecule has 7 nitrogen and oxygen atoms in total. The molecule has 0 unspecified atom stereocenters. The molecule has 0 spiro atoms. The average Bonchev–Trinajstić information content (AvgIpc) is 3.36. The van der Waals surface area contributed by atoms with E-state index in [1.54, 1.807) is 24.3 Å². The second kappa shape index (κ2) is 12.9. The first kappa shape index (κ1) is 27.0. The van der Waals surface area contributed by atoms with Gasteiger partial charge in [-0.05, 0) is 40.0 Å². The number of amidine groups is 1. The van der Waals surface area contributed by atoms with Gasteiger partial charge in [-0.2, -0.15) is 0 Å². The van der Waals surface area contributed by atoms with Gasteiger partial charge in [-0.3, -0.25) is 4.79 Å². The lowest BCUT2D eigenvalue weighted by molar-refractivity contribution is 0.0416. The van der Waals surface area contributed by atoms with Crippen LogP contribution in [0.5, 0.6) is 0 Å². The quantitative estimate of drug-likeness (QED) is 0.322. The smallest absolute Gasteiger partial charge is 0.257 e. The van der Waals surface area contributed by atoms with E-state index in [1.165, 1.54) is 23.1 Å². The molecule has 0 aliphatic carbocycles. The fraction of sp³-hybridized carbons (Fsp3) is 0.346. The number of aliphatic hydroxyl groups excluding tert-OH is 2. The third kappa shape index (κ3) is 6.62. The minimum atomic E-state index is -1.03. The largest absolute Gasteiger partial charge is 0.396 e. The number of aliphatic imine (C=N–C) groups is 1. The molecule has 0 saturated heterocycles. The first-order valence-electron chi connectivity index (χ1n) is 11.6. The second-order valence-corrected chi connectivity index (χ2v) is 11.3. The highest BCUT2D eigenvalue weighted by molar-refractivity contribution is 9.10. The van der Waals surface area contributed by atoms with E-state index >= 15 is 0 Å². The zero-order chi connectivity index (χ0) is 25.4. The predicted molar refractivity (Wildman–Crippen MR) is 147 cm³/mol. The molecule has 0 radical (unpaired) electrons. The van der Waals surface area contributed by atoms with Crippen LogP contribution in [0.2, 0.25) is 0 Å². The number of thiazole rings is 1. The minimum Gasteiger partial charge on any atom is -0.396 e. The van der Waals surface area contributed by atoms with Crippen LogP contribution >= 0.6 is 39.0 Å². The summed E-state index contributed by atoms with van der Waals surface area (Å²) in [6.07, 6.45) is 0.583. The van der Waals surface area contributed by atoms with E-state index < -0.39 is 5.54 Å². The lowest BCUT2D eigenvalue weighted by Gasteiger charge is -2.39. The van der Waals surface area contributed by atoms with Gasteiger partial charge in [0.1, 0.15) is 15.1 Å². The first-order chi connectivity index (χ1) is 17.5. The van der Waals surface area contributed by atoms with Gasteiger partial charge in [0.05, 0.1) is 19.8 Å². The van der Waals surface area contributed by atoms with Crippen LogP contribution in [0.15, 0.2) is 75.6 Å². The molecule has 0 bridgehead atoms. The molecule has 1 amide bonds. The molecule has 0 fully saturated rings. The van der Waals surface area contributed by atoms with Gasteiger partial charge in [0.25, 0.3) is 5.91 Å². The Morgan fingerprint density at radius 2 is 1.89 bits per heavy atom. The van der Waals surface area contributed by atoms with Gasteiger partial charge in [-0.15, -0.1) is 11.3 Å². The summed E-state index contributed by atoms with van der Waals surface area (Å²) >= 11 is 6.26. The van der Waals surface area contributed by atoms with E-state index in [2.05, 4.69) is 26.2 Å². The van der Waals surface area contributed by atoms with Gasteiger partial charge < -0.3 is 20.3 Å². The van der Waals surface area contributed by atoms with Crippen molar-refractivity contribution in [1.29, 1.82) is 0 Å². The Morgan fingerprint density at radius 1 is 1.17 bits per heavy atom. The van der Waals surface area contributed by atoms with Crippen LogP contribution < -0.4 is 5.32 Å². The number of benzene rings is 2. The van der Waals surface area contributed by atoms with Crippen molar-refractivity contribution in [3.8, 4) is 0 Å². The molecule has 10 heteroatoms. The number of amides is 1. The van der Waals surface area contributed by atoms with Crippen molar-refractivity contribution in [3.63, 3.8) is 0 Å². The average molecular weight is 591 g/mol. The second-order valence-electron chi connectivity index (χ2n) is 8.59. The van der Waals surface area contributed by atoms with Crippen molar-refractivity contribution in [1.82, 2.24) is 10.3 Å². The number of hydrogen-bond acceptors (Lipinski definition) is 8. The van der Waals surface area contributed by atoms with Crippen molar-refractivity contribution in [2.75, 3.05) is 25.6 Å². The predicted octanol–water partition coefficient (Wildman–Crippen LogP) is 4.46. The summed E-state index contributed by atoms with van der Waals surface area (Å²) in [4.78, 5) is 22.2. The Bertz CT molecular complexity index is 1160. The summed E-state index contributed by atoms with van der Waals surface area (Å²) < 4.78 is 6.57. The lowest BCUT2D eigenvalue weighted by atomic mass is 9.80. The molecule has 3 N–H and O–H groups in total. The summed E-state index contributed by atoms with van der Waals surface area (Å²) in [5.41, 5.74) is 0.572. The van der Waals surface area contributed by atoms with Crippen LogP contribution in [0.4, 0.5) is 0 Å². The van der Waals surface area contributed by atoms with Gasteiger partial charge in [-0.25, -0.2) is 9.98 Å². The number of rotatable bonds is 10. The topological polar surface area (TPSA) is 104 Å². The Balaban J connectivity index is 1.52. The molecule has 190 valence electrons. The molecule has 3 aromatic rings. The Hall–Kier alpha value is -2.08. The lowest BCUT2D eigenvalue weighted by Crippen LogP contribution is -2.46. The maximum atomic E-state index is 12.8. The van der Waals surface area contributed by atoms with Crippen LogP contribution in [-0.4, -0.2) is 51.8 Å². The van der Waals surface area contributed by atoms with Crippen LogP contribution in [0, 0.1) is 11.8 Å². The molecule has 2 heterocycles. The zero-order valence-electron chi connectivity index (χ0n) is 19.5. The van der Waals surface area contributed by atoms with Crippen LogP contribution in [-0.2, 0) is 16.9 Å². The molecule has 1 aliphatic heterocycles. The third-order valence-corrected chi connectivity index (χ3v) is 8.84. The Labute approximate surface area is 227 Å². The summed E-state index contributed by atoms with van der Waals surface area (Å²) in [6.45, 7) is 0.540. The highest BCUT2D eigenvalue weighted by Crippen LogP contribution is 2.44. The van der Waals surface area contributed by atoms with Gasteiger partial charge in [0, 0.05) is 35.1 Å². The SMILES string of the molecule is O=C(NC1=N[C@](CO)(c2nc(Br)cs2)[C@@H](C[C@@H](CO)COCc2ccccc2)CS1)c1ccccc1. The number of aliphatic hydroxyl groups is 2. The molecular formula is C26H28BrN3O4S2. The number of ether oxygens (including phenoxy) is 1. The summed E-state index contributed by atoms with van der Waals surface area (Å²) in [6, 6.07) is 18.9. The summed E-state index contributed by atoms with van der Waals surface area (Å²) in [5, 5.41) is 26.6. The maximum Gasteiger partial charge on any atom is 0.257 e. The first-order valence-corrected chi connectivity index (χ1v) is 14.2. The van der Waals surface area contributed by atoms with Crippen molar-refractivity contribution >= 4 is 50.1 Å². The van der Waals surface area contributed by atoms with E-state index in [0.29, 0.717) is 45.7 Å². The zero-order valence-corrected chi connectivity index (χ0v) is 22.8. The molecule has 1 aromatic heterocycles. The Morgan fingerprint density at radius 3 is 2.53 bits per heavy atom. The number of aromatic nitrogens is 1. The van der Waals surface area contributed by atoms with Gasteiger partial charge in [0.15, 0.2) is 5.17 Å². The molecule has 1 aliphatic rings. The number of carbonyl (C=O) groups excluding carboxylic acids is 1. The van der Waals surface area contributed by atoms with E-state index in [-0.39, 0.29) is 31.0 Å². The number of carbonyl (C=O) groups is 1. The van der Waals surface area contributed by atoms with E-state index in [1.807, 2.05) is 41.8 Å². The molecule has 2 aromatic carbocycles. The number of hydrogen-bond donors (Lipinski definition) is 3. The molecule has 4 rings (SSSR count). The van der Waals surface area contributed by atoms with Crippen molar-refractivity contribution in [2.45, 2.75) is 18.6 Å². The van der Waals surface area contributed by atoms with Gasteiger partial charge in [-0.1, -0.05) is 60.3 Å². The van der Waals surface area contributed by atoms with Crippen molar-refractivity contribution in [3.05, 3.63) is 86.8 Å². The minimum absolute atomic E-state index is 0.0413. The van der Waals surface area contributed by atoms with E-state index in [9.17, 15) is 15.0 Å². The van der Waals surface area contributed by atoms with Crippen LogP contribution in [0.3, 0.4) is 0 Å². The molecule has 0 saturated carbocycles.